The van der Waals surface area contributed by atoms with E-state index in [0.29, 0.717) is 13.2 Å². The Kier molecular flexibility index (Phi) is 3.29. The third-order valence-electron chi connectivity index (χ3n) is 2.53. The predicted octanol–water partition coefficient (Wildman–Crippen LogP) is 2.26. The average molecular weight is 221 g/mol. The first-order valence-electron chi connectivity index (χ1n) is 5.45. The van der Waals surface area contributed by atoms with E-state index in [-0.39, 0.29) is 12.1 Å². The van der Waals surface area contributed by atoms with Crippen molar-refractivity contribution in [2.75, 3.05) is 13.2 Å². The summed E-state index contributed by atoms with van der Waals surface area (Å²) in [6.45, 7) is 3.09. The molecule has 1 aromatic rings. The highest BCUT2D eigenvalue weighted by molar-refractivity contribution is 5.68. The van der Waals surface area contributed by atoms with Crippen molar-refractivity contribution in [2.24, 2.45) is 0 Å². The van der Waals surface area contributed by atoms with Crippen LogP contribution in [0.4, 0.5) is 4.79 Å². The van der Waals surface area contributed by atoms with Crippen molar-refractivity contribution >= 4 is 6.09 Å². The van der Waals surface area contributed by atoms with Crippen LogP contribution in [0.1, 0.15) is 24.9 Å². The number of rotatable bonds is 3. The molecule has 1 aliphatic heterocycles. The average Bonchev–Trinajstić information content (AvgIpc) is 2.30. The van der Waals surface area contributed by atoms with Gasteiger partial charge in [-0.05, 0) is 24.6 Å². The zero-order valence-electron chi connectivity index (χ0n) is 9.23. The Morgan fingerprint density at radius 3 is 2.81 bits per heavy atom. The summed E-state index contributed by atoms with van der Waals surface area (Å²) in [5.41, 5.74) is 1.08. The van der Waals surface area contributed by atoms with Gasteiger partial charge in [-0.1, -0.05) is 12.1 Å². The topological polar surface area (TPSA) is 47.6 Å². The maximum absolute atomic E-state index is 11.1. The molecule has 0 radical (unpaired) electrons. The lowest BCUT2D eigenvalue weighted by Crippen LogP contribution is -2.35. The van der Waals surface area contributed by atoms with Crippen LogP contribution in [0.15, 0.2) is 24.3 Å². The second kappa shape index (κ2) is 4.88. The second-order valence-corrected chi connectivity index (χ2v) is 3.62. The smallest absolute Gasteiger partial charge is 0.407 e. The quantitative estimate of drug-likeness (QED) is 0.851. The Hall–Kier alpha value is -1.71. The fourth-order valence-corrected chi connectivity index (χ4v) is 1.74. The molecule has 0 saturated carbocycles. The normalized spacial score (nSPS) is 19.8. The lowest BCUT2D eigenvalue weighted by molar-refractivity contribution is 0.115. The van der Waals surface area contributed by atoms with Gasteiger partial charge in [0, 0.05) is 6.42 Å². The van der Waals surface area contributed by atoms with Gasteiger partial charge in [-0.25, -0.2) is 4.79 Å². The number of cyclic esters (lactones) is 1. The van der Waals surface area contributed by atoms with Crippen molar-refractivity contribution in [2.45, 2.75) is 19.4 Å². The highest BCUT2D eigenvalue weighted by Gasteiger charge is 2.20. The zero-order chi connectivity index (χ0) is 11.4. The highest BCUT2D eigenvalue weighted by Crippen LogP contribution is 2.22. The van der Waals surface area contributed by atoms with Crippen molar-refractivity contribution in [3.05, 3.63) is 29.8 Å². The summed E-state index contributed by atoms with van der Waals surface area (Å²) in [4.78, 5) is 11.1. The van der Waals surface area contributed by atoms with Crippen molar-refractivity contribution < 1.29 is 14.3 Å². The van der Waals surface area contributed by atoms with Crippen LogP contribution in [0.3, 0.4) is 0 Å². The van der Waals surface area contributed by atoms with Gasteiger partial charge in [0.2, 0.25) is 0 Å². The van der Waals surface area contributed by atoms with Crippen molar-refractivity contribution in [3.63, 3.8) is 0 Å². The summed E-state index contributed by atoms with van der Waals surface area (Å²) in [7, 11) is 0. The second-order valence-electron chi connectivity index (χ2n) is 3.62. The van der Waals surface area contributed by atoms with E-state index in [1.165, 1.54) is 0 Å². The summed E-state index contributed by atoms with van der Waals surface area (Å²) < 4.78 is 10.2. The summed E-state index contributed by atoms with van der Waals surface area (Å²) >= 11 is 0. The van der Waals surface area contributed by atoms with Crippen LogP contribution in [0.25, 0.3) is 0 Å². The molecule has 2 rings (SSSR count). The predicted molar refractivity (Wildman–Crippen MR) is 59.5 cm³/mol. The van der Waals surface area contributed by atoms with E-state index in [0.717, 1.165) is 17.7 Å². The van der Waals surface area contributed by atoms with Gasteiger partial charge in [-0.2, -0.15) is 0 Å². The molecule has 1 aliphatic rings. The van der Waals surface area contributed by atoms with Crippen molar-refractivity contribution in [3.8, 4) is 5.75 Å². The van der Waals surface area contributed by atoms with Crippen LogP contribution < -0.4 is 10.1 Å². The van der Waals surface area contributed by atoms with Crippen LogP contribution in [-0.4, -0.2) is 19.3 Å². The van der Waals surface area contributed by atoms with Gasteiger partial charge in [-0.15, -0.1) is 0 Å². The zero-order valence-corrected chi connectivity index (χ0v) is 9.23. The van der Waals surface area contributed by atoms with E-state index in [1.54, 1.807) is 0 Å². The van der Waals surface area contributed by atoms with Gasteiger partial charge >= 0.3 is 6.09 Å². The number of carbonyl (C=O) groups excluding carboxylic acids is 1. The lowest BCUT2D eigenvalue weighted by Gasteiger charge is -2.23. The number of hydrogen-bond donors (Lipinski definition) is 1. The van der Waals surface area contributed by atoms with Crippen LogP contribution >= 0.6 is 0 Å². The molecule has 1 saturated heterocycles. The lowest BCUT2D eigenvalue weighted by atomic mass is 10.0. The summed E-state index contributed by atoms with van der Waals surface area (Å²) in [5, 5.41) is 2.78. The molecule has 0 aliphatic carbocycles. The number of alkyl carbamates (subject to hydrolysis) is 1. The molecule has 16 heavy (non-hydrogen) atoms. The first-order valence-corrected chi connectivity index (χ1v) is 5.45. The molecule has 0 unspecified atom stereocenters. The van der Waals surface area contributed by atoms with Gasteiger partial charge in [0.25, 0.3) is 0 Å². The fourth-order valence-electron chi connectivity index (χ4n) is 1.74. The van der Waals surface area contributed by atoms with E-state index in [9.17, 15) is 4.79 Å². The Bertz CT molecular complexity index is 361. The molecule has 86 valence electrons. The highest BCUT2D eigenvalue weighted by atomic mass is 16.5. The fraction of sp³-hybridized carbons (Fsp3) is 0.417. The third-order valence-corrected chi connectivity index (χ3v) is 2.53. The molecule has 1 heterocycles. The van der Waals surface area contributed by atoms with E-state index >= 15 is 0 Å². The number of hydrogen-bond acceptors (Lipinski definition) is 3. The number of nitrogens with one attached hydrogen (secondary N) is 1. The number of carbonyl (C=O) groups is 1. The molecular weight excluding hydrogens is 206 g/mol. The Morgan fingerprint density at radius 2 is 2.19 bits per heavy atom. The number of amides is 1. The molecular formula is C12H15NO3. The minimum absolute atomic E-state index is 0.0527. The SMILES string of the molecule is CCOc1ccc([C@@H]2CCOC(=O)N2)cc1. The molecule has 1 atom stereocenters. The Balaban J connectivity index is 2.05. The molecule has 4 nitrogen and oxygen atoms in total. The summed E-state index contributed by atoms with van der Waals surface area (Å²) in [6.07, 6.45) is 0.463. The maximum atomic E-state index is 11.1. The van der Waals surface area contributed by atoms with Crippen molar-refractivity contribution in [1.29, 1.82) is 0 Å². The third kappa shape index (κ3) is 2.45. The molecule has 4 heteroatoms. The van der Waals surface area contributed by atoms with Crippen molar-refractivity contribution in [1.82, 2.24) is 5.32 Å². The molecule has 1 N–H and O–H groups in total. The van der Waals surface area contributed by atoms with Gasteiger partial charge in [-0.3, -0.25) is 0 Å². The minimum Gasteiger partial charge on any atom is -0.494 e. The molecule has 0 bridgehead atoms. The molecule has 1 fully saturated rings. The van der Waals surface area contributed by atoms with E-state index in [2.05, 4.69) is 5.32 Å². The minimum atomic E-state index is -0.342. The summed E-state index contributed by atoms with van der Waals surface area (Å²) in [6, 6.07) is 7.83. The largest absolute Gasteiger partial charge is 0.494 e. The number of ether oxygens (including phenoxy) is 2. The molecule has 1 amide bonds. The molecule has 1 aromatic carbocycles. The summed E-state index contributed by atoms with van der Waals surface area (Å²) in [5.74, 6) is 0.852. The van der Waals surface area contributed by atoms with Gasteiger partial charge in [0.05, 0.1) is 19.3 Å². The van der Waals surface area contributed by atoms with E-state index < -0.39 is 0 Å². The maximum Gasteiger partial charge on any atom is 0.407 e. The van der Waals surface area contributed by atoms with Crippen LogP contribution in [0.5, 0.6) is 5.75 Å². The molecule has 0 spiro atoms. The number of benzene rings is 1. The van der Waals surface area contributed by atoms with Crippen LogP contribution in [0.2, 0.25) is 0 Å². The van der Waals surface area contributed by atoms with E-state index in [4.69, 9.17) is 9.47 Å². The van der Waals surface area contributed by atoms with Gasteiger partial charge in [0.15, 0.2) is 0 Å². The first kappa shape index (κ1) is 10.8. The van der Waals surface area contributed by atoms with Crippen LogP contribution in [0, 0.1) is 0 Å². The van der Waals surface area contributed by atoms with Gasteiger partial charge < -0.3 is 14.8 Å². The van der Waals surface area contributed by atoms with Gasteiger partial charge in [0.1, 0.15) is 5.75 Å². The van der Waals surface area contributed by atoms with Crippen LogP contribution in [-0.2, 0) is 4.74 Å². The Morgan fingerprint density at radius 1 is 1.44 bits per heavy atom. The first-order chi connectivity index (χ1) is 7.79. The monoisotopic (exact) mass is 221 g/mol. The Labute approximate surface area is 94.6 Å². The van der Waals surface area contributed by atoms with E-state index in [1.807, 2.05) is 31.2 Å². The molecule has 0 aromatic heterocycles. The standard InChI is InChI=1S/C12H15NO3/c1-2-15-10-5-3-9(4-6-10)11-7-8-16-12(14)13-11/h3-6,11H,2,7-8H2,1H3,(H,13,14)/t11-/m0/s1.